The minimum atomic E-state index is -2.72. The Kier molecular flexibility index (Phi) is 6.42. The Bertz CT molecular complexity index is 1550. The van der Waals surface area contributed by atoms with Crippen LogP contribution in [-0.4, -0.2) is 24.0 Å². The van der Waals surface area contributed by atoms with E-state index in [-0.39, 0.29) is 12.2 Å². The zero-order valence-electron chi connectivity index (χ0n) is 18.3. The van der Waals surface area contributed by atoms with E-state index in [0.29, 0.717) is 0 Å². The van der Waals surface area contributed by atoms with Crippen molar-refractivity contribution in [1.29, 1.82) is 0 Å². The van der Waals surface area contributed by atoms with Gasteiger partial charge in [-0.15, -0.1) is 0 Å². The minimum Gasteiger partial charge on any atom is -0.363 e. The van der Waals surface area contributed by atoms with Crippen LogP contribution < -0.4 is 0 Å². The summed E-state index contributed by atoms with van der Waals surface area (Å²) in [6.45, 7) is -0.224. The van der Waals surface area contributed by atoms with Crippen LogP contribution >= 0.6 is 0 Å². The highest BCUT2D eigenvalue weighted by Crippen LogP contribution is 2.47. The van der Waals surface area contributed by atoms with E-state index in [2.05, 4.69) is 4.98 Å². The second-order valence-corrected chi connectivity index (χ2v) is 8.06. The molecule has 14 heteroatoms. The molecule has 196 valence electrons. The molecule has 4 aromatic rings. The number of hydrogen-bond acceptors (Lipinski definition) is 1. The van der Waals surface area contributed by atoms with Crippen LogP contribution in [0.25, 0.3) is 33.0 Å². The molecule has 0 bridgehead atoms. The quantitative estimate of drug-likeness (QED) is 0.164. The van der Waals surface area contributed by atoms with Crippen molar-refractivity contribution in [2.45, 2.75) is 6.54 Å². The summed E-state index contributed by atoms with van der Waals surface area (Å²) in [6.07, 6.45) is 0.727. The number of hydrogen-bond donors (Lipinski definition) is 1. The second kappa shape index (κ2) is 9.01. The van der Waals surface area contributed by atoms with E-state index < -0.39 is 103 Å². The van der Waals surface area contributed by atoms with Crippen LogP contribution in [0.1, 0.15) is 5.69 Å². The smallest absolute Gasteiger partial charge is 0.200 e. The molecule has 0 amide bonds. The number of H-pyrrole nitrogens is 1. The molecule has 37 heavy (non-hydrogen) atoms. The standard InChI is InChI=1S/C23H10F12N2/c1-37(2)4-6-7-5(3-36-6)12(24)8(10-14(26)18(30)22(34)19(31)15(10)27)9(13(7)25)11-16(28)20(32)23(35)21(33)17(11)29/h3,36H,4H2,1-2H3. The number of aromatic nitrogens is 1. The molecule has 0 aliphatic rings. The maximum atomic E-state index is 15.9. The van der Waals surface area contributed by atoms with Gasteiger partial charge in [0.05, 0.1) is 11.1 Å². The van der Waals surface area contributed by atoms with Crippen LogP contribution in [0.3, 0.4) is 0 Å². The molecule has 4 rings (SSSR count). The van der Waals surface area contributed by atoms with Gasteiger partial charge in [0.1, 0.15) is 11.6 Å². The molecule has 1 heterocycles. The van der Waals surface area contributed by atoms with E-state index >= 15 is 8.78 Å². The van der Waals surface area contributed by atoms with Crippen molar-refractivity contribution in [3.8, 4) is 22.3 Å². The van der Waals surface area contributed by atoms with Crippen molar-refractivity contribution in [1.82, 2.24) is 9.88 Å². The molecule has 0 unspecified atom stereocenters. The van der Waals surface area contributed by atoms with Gasteiger partial charge in [-0.3, -0.25) is 0 Å². The zero-order valence-corrected chi connectivity index (χ0v) is 18.3. The number of halogens is 12. The first-order valence-corrected chi connectivity index (χ1v) is 9.91. The van der Waals surface area contributed by atoms with Crippen molar-refractivity contribution in [3.63, 3.8) is 0 Å². The Morgan fingerprint density at radius 3 is 1.22 bits per heavy atom. The summed E-state index contributed by atoms with van der Waals surface area (Å²) in [5.74, 6) is -30.9. The fourth-order valence-electron chi connectivity index (χ4n) is 3.93. The molecule has 0 radical (unpaired) electrons. The zero-order chi connectivity index (χ0) is 27.7. The van der Waals surface area contributed by atoms with Crippen LogP contribution in [-0.2, 0) is 6.54 Å². The van der Waals surface area contributed by atoms with Gasteiger partial charge in [-0.1, -0.05) is 0 Å². The van der Waals surface area contributed by atoms with Gasteiger partial charge in [0, 0.05) is 40.3 Å². The number of benzene rings is 3. The molecule has 0 spiro atoms. The molecule has 0 aliphatic carbocycles. The summed E-state index contributed by atoms with van der Waals surface area (Å²) < 4.78 is 174. The Morgan fingerprint density at radius 2 is 0.838 bits per heavy atom. The molecule has 1 aromatic heterocycles. The van der Waals surface area contributed by atoms with Gasteiger partial charge >= 0.3 is 0 Å². The molecule has 0 saturated carbocycles. The van der Waals surface area contributed by atoms with E-state index in [4.69, 9.17) is 0 Å². The molecular formula is C23H10F12N2. The molecule has 1 N–H and O–H groups in total. The molecule has 0 fully saturated rings. The molecule has 0 aliphatic heterocycles. The summed E-state index contributed by atoms with van der Waals surface area (Å²) in [5, 5.41) is -1.71. The SMILES string of the molecule is CN(C)Cc1[nH]cc2c(F)c(-c3c(F)c(F)c(F)c(F)c3F)c(-c3c(F)c(F)c(F)c(F)c3F)c(F)c12. The Morgan fingerprint density at radius 1 is 0.486 bits per heavy atom. The average Bonchev–Trinajstić information content (AvgIpc) is 3.26. The first-order valence-electron chi connectivity index (χ1n) is 9.91. The fraction of sp³-hybridized carbons (Fsp3) is 0.130. The van der Waals surface area contributed by atoms with E-state index in [1.165, 1.54) is 19.0 Å². The van der Waals surface area contributed by atoms with Crippen LogP contribution in [0.4, 0.5) is 52.7 Å². The Hall–Kier alpha value is -3.68. The third-order valence-corrected chi connectivity index (χ3v) is 5.50. The molecule has 0 atom stereocenters. The normalized spacial score (nSPS) is 11.9. The summed E-state index contributed by atoms with van der Waals surface area (Å²) >= 11 is 0. The third-order valence-electron chi connectivity index (χ3n) is 5.50. The lowest BCUT2D eigenvalue weighted by molar-refractivity contribution is 0.379. The maximum Gasteiger partial charge on any atom is 0.200 e. The summed E-state index contributed by atoms with van der Waals surface area (Å²) in [6, 6.07) is 0. The van der Waals surface area contributed by atoms with Gasteiger partial charge in [-0.2, -0.15) is 0 Å². The summed E-state index contributed by atoms with van der Waals surface area (Å²) in [4.78, 5) is 3.78. The average molecular weight is 542 g/mol. The number of fused-ring (bicyclic) bond motifs is 1. The number of nitrogens with zero attached hydrogens (tertiary/aromatic N) is 1. The summed E-state index contributed by atoms with van der Waals surface area (Å²) in [5.41, 5.74) is -8.52. The molecular weight excluding hydrogens is 532 g/mol. The van der Waals surface area contributed by atoms with Crippen LogP contribution in [0.15, 0.2) is 6.20 Å². The third kappa shape index (κ3) is 3.72. The van der Waals surface area contributed by atoms with E-state index in [0.717, 1.165) is 6.20 Å². The highest BCUT2D eigenvalue weighted by molar-refractivity contribution is 5.99. The van der Waals surface area contributed by atoms with E-state index in [9.17, 15) is 43.9 Å². The van der Waals surface area contributed by atoms with Gasteiger partial charge in [-0.25, -0.2) is 52.7 Å². The van der Waals surface area contributed by atoms with Crippen molar-refractivity contribution >= 4 is 10.8 Å². The summed E-state index contributed by atoms with van der Waals surface area (Å²) in [7, 11) is 2.91. The monoisotopic (exact) mass is 542 g/mol. The predicted octanol–water partition coefficient (Wildman–Crippen LogP) is 7.23. The van der Waals surface area contributed by atoms with Crippen LogP contribution in [0.2, 0.25) is 0 Å². The lowest BCUT2D eigenvalue weighted by Gasteiger charge is -2.18. The maximum absolute atomic E-state index is 15.9. The van der Waals surface area contributed by atoms with E-state index in [1.807, 2.05) is 0 Å². The number of nitrogens with one attached hydrogen (secondary N) is 1. The van der Waals surface area contributed by atoms with Crippen molar-refractivity contribution in [2.75, 3.05) is 14.1 Å². The van der Waals surface area contributed by atoms with Gasteiger partial charge < -0.3 is 9.88 Å². The molecule has 3 aromatic carbocycles. The lowest BCUT2D eigenvalue weighted by Crippen LogP contribution is -2.12. The number of rotatable bonds is 4. The first-order chi connectivity index (χ1) is 17.2. The molecule has 0 saturated heterocycles. The van der Waals surface area contributed by atoms with Gasteiger partial charge in [0.25, 0.3) is 0 Å². The minimum absolute atomic E-state index is 0.217. The topological polar surface area (TPSA) is 19.0 Å². The van der Waals surface area contributed by atoms with Gasteiger partial charge in [0.15, 0.2) is 46.5 Å². The Balaban J connectivity index is 2.34. The van der Waals surface area contributed by atoms with Crippen LogP contribution in [0.5, 0.6) is 0 Å². The number of aromatic amines is 1. The van der Waals surface area contributed by atoms with E-state index in [1.54, 1.807) is 0 Å². The van der Waals surface area contributed by atoms with Crippen LogP contribution in [0, 0.1) is 69.8 Å². The van der Waals surface area contributed by atoms with Crippen molar-refractivity contribution in [3.05, 3.63) is 81.7 Å². The predicted molar refractivity (Wildman–Crippen MR) is 106 cm³/mol. The highest BCUT2D eigenvalue weighted by Gasteiger charge is 2.37. The molecule has 2 nitrogen and oxygen atoms in total. The first kappa shape index (κ1) is 26.4. The van der Waals surface area contributed by atoms with Crippen molar-refractivity contribution < 1.29 is 52.7 Å². The van der Waals surface area contributed by atoms with Crippen molar-refractivity contribution in [2.24, 2.45) is 0 Å². The second-order valence-electron chi connectivity index (χ2n) is 8.06. The van der Waals surface area contributed by atoms with Gasteiger partial charge in [0.2, 0.25) is 11.6 Å². The largest absolute Gasteiger partial charge is 0.363 e. The highest BCUT2D eigenvalue weighted by atomic mass is 19.2. The fourth-order valence-corrected chi connectivity index (χ4v) is 3.93. The lowest BCUT2D eigenvalue weighted by atomic mass is 9.89. The Labute approximate surface area is 198 Å². The van der Waals surface area contributed by atoms with Gasteiger partial charge in [-0.05, 0) is 14.1 Å².